The van der Waals surface area contributed by atoms with Crippen molar-refractivity contribution in [3.63, 3.8) is 0 Å². The maximum atomic E-state index is 12.3. The van der Waals surface area contributed by atoms with E-state index in [0.717, 1.165) is 10.6 Å². The summed E-state index contributed by atoms with van der Waals surface area (Å²) in [6.07, 6.45) is 2.90. The lowest BCUT2D eigenvalue weighted by molar-refractivity contribution is -0.116. The number of hydrogen-bond acceptors (Lipinski definition) is 4. The van der Waals surface area contributed by atoms with E-state index in [4.69, 9.17) is 4.74 Å². The zero-order chi connectivity index (χ0) is 18.8. The summed E-state index contributed by atoms with van der Waals surface area (Å²) in [6, 6.07) is 14.8. The average molecular weight is 372 g/mol. The molecular weight excluding hydrogens is 348 g/mol. The molecule has 26 heavy (non-hydrogen) atoms. The van der Waals surface area contributed by atoms with Crippen LogP contribution >= 0.6 is 11.8 Å². The number of para-hydroxylation sites is 1. The van der Waals surface area contributed by atoms with Gasteiger partial charge in [0.25, 0.3) is 5.91 Å². The highest BCUT2D eigenvalue weighted by atomic mass is 32.2. The molecule has 0 aliphatic heterocycles. The Balaban J connectivity index is 1.76. The first-order valence-electron chi connectivity index (χ1n) is 8.58. The maximum absolute atomic E-state index is 12.3. The third kappa shape index (κ3) is 6.11. The summed E-state index contributed by atoms with van der Waals surface area (Å²) >= 11 is 1.63. The van der Waals surface area contributed by atoms with Crippen LogP contribution in [0.15, 0.2) is 53.4 Å². The maximum Gasteiger partial charge on any atom is 0.255 e. The zero-order valence-electron chi connectivity index (χ0n) is 15.1. The number of rotatable bonds is 9. The summed E-state index contributed by atoms with van der Waals surface area (Å²) in [5.41, 5.74) is 1.30. The smallest absolute Gasteiger partial charge is 0.255 e. The van der Waals surface area contributed by atoms with Gasteiger partial charge in [-0.2, -0.15) is 0 Å². The van der Waals surface area contributed by atoms with Crippen LogP contribution in [0, 0.1) is 0 Å². The molecule has 2 amide bonds. The van der Waals surface area contributed by atoms with Crippen molar-refractivity contribution in [3.8, 4) is 5.75 Å². The summed E-state index contributed by atoms with van der Waals surface area (Å²) < 4.78 is 5.46. The molecule has 0 aromatic heterocycles. The molecule has 2 rings (SSSR count). The number of benzene rings is 2. The van der Waals surface area contributed by atoms with Gasteiger partial charge in [-0.1, -0.05) is 18.2 Å². The lowest BCUT2D eigenvalue weighted by Crippen LogP contribution is -2.26. The second kappa shape index (κ2) is 10.5. The van der Waals surface area contributed by atoms with E-state index in [0.29, 0.717) is 37.3 Å². The van der Waals surface area contributed by atoms with E-state index in [1.54, 1.807) is 30.0 Å². The monoisotopic (exact) mass is 372 g/mol. The van der Waals surface area contributed by atoms with Gasteiger partial charge in [0.05, 0.1) is 12.2 Å². The molecule has 5 nitrogen and oxygen atoms in total. The van der Waals surface area contributed by atoms with Gasteiger partial charge in [0.1, 0.15) is 5.75 Å². The number of carbonyl (C=O) groups excluding carboxylic acids is 2. The minimum Gasteiger partial charge on any atom is -0.493 e. The fraction of sp³-hybridized carbons (Fsp3) is 0.300. The average Bonchev–Trinajstić information content (AvgIpc) is 2.66. The van der Waals surface area contributed by atoms with Crippen LogP contribution in [0.5, 0.6) is 5.75 Å². The molecule has 0 fully saturated rings. The highest BCUT2D eigenvalue weighted by molar-refractivity contribution is 7.98. The van der Waals surface area contributed by atoms with Gasteiger partial charge in [0.2, 0.25) is 5.91 Å². The third-order valence-electron chi connectivity index (χ3n) is 3.65. The summed E-state index contributed by atoms with van der Waals surface area (Å²) in [4.78, 5) is 25.4. The lowest BCUT2D eigenvalue weighted by atomic mass is 10.2. The van der Waals surface area contributed by atoms with E-state index in [1.807, 2.05) is 43.5 Å². The molecule has 0 saturated carbocycles. The van der Waals surface area contributed by atoms with Crippen LogP contribution in [0.1, 0.15) is 30.1 Å². The number of amides is 2. The van der Waals surface area contributed by atoms with Gasteiger partial charge in [-0.25, -0.2) is 0 Å². The number of anilines is 1. The fourth-order valence-electron chi connectivity index (χ4n) is 2.41. The molecule has 2 aromatic carbocycles. The Kier molecular flexibility index (Phi) is 8.02. The molecular formula is C20H24N2O3S. The highest BCUT2D eigenvalue weighted by Gasteiger charge is 2.11. The molecule has 0 radical (unpaired) electrons. The molecule has 138 valence electrons. The molecule has 6 heteroatoms. The van der Waals surface area contributed by atoms with E-state index >= 15 is 0 Å². The predicted octanol–water partition coefficient (Wildman–Crippen LogP) is 3.96. The Morgan fingerprint density at radius 3 is 2.69 bits per heavy atom. The van der Waals surface area contributed by atoms with Crippen LogP contribution in [0.25, 0.3) is 0 Å². The van der Waals surface area contributed by atoms with Crippen LogP contribution in [0.2, 0.25) is 0 Å². The van der Waals surface area contributed by atoms with Crippen molar-refractivity contribution >= 4 is 29.3 Å². The van der Waals surface area contributed by atoms with Crippen LogP contribution in [-0.4, -0.2) is 31.2 Å². The first-order chi connectivity index (χ1) is 12.6. The van der Waals surface area contributed by atoms with Crippen molar-refractivity contribution in [1.29, 1.82) is 0 Å². The van der Waals surface area contributed by atoms with Crippen LogP contribution in [0.4, 0.5) is 5.69 Å². The quantitative estimate of drug-likeness (QED) is 0.516. The van der Waals surface area contributed by atoms with Gasteiger partial charge >= 0.3 is 0 Å². The lowest BCUT2D eigenvalue weighted by Gasteiger charge is -2.10. The Bertz CT molecular complexity index is 749. The summed E-state index contributed by atoms with van der Waals surface area (Å²) in [5, 5.41) is 5.71. The predicted molar refractivity (Wildman–Crippen MR) is 106 cm³/mol. The largest absolute Gasteiger partial charge is 0.493 e. The van der Waals surface area contributed by atoms with E-state index < -0.39 is 0 Å². The molecule has 0 atom stereocenters. The molecule has 2 N–H and O–H groups in total. The molecule has 0 aliphatic rings. The Hall–Kier alpha value is -2.47. The highest BCUT2D eigenvalue weighted by Crippen LogP contribution is 2.19. The second-order valence-corrected chi connectivity index (χ2v) is 6.45. The number of thioether (sulfide) groups is 1. The van der Waals surface area contributed by atoms with Crippen molar-refractivity contribution in [3.05, 3.63) is 54.1 Å². The van der Waals surface area contributed by atoms with Gasteiger partial charge in [-0.05, 0) is 49.9 Å². The van der Waals surface area contributed by atoms with Crippen LogP contribution < -0.4 is 15.4 Å². The van der Waals surface area contributed by atoms with Crippen molar-refractivity contribution < 1.29 is 14.3 Å². The van der Waals surface area contributed by atoms with Crippen LogP contribution in [-0.2, 0) is 4.79 Å². The third-order valence-corrected chi connectivity index (χ3v) is 4.38. The molecule has 2 aromatic rings. The van der Waals surface area contributed by atoms with E-state index in [1.165, 1.54) is 0 Å². The number of carbonyl (C=O) groups is 2. The van der Waals surface area contributed by atoms with Gasteiger partial charge in [0, 0.05) is 23.5 Å². The minimum atomic E-state index is -0.192. The summed E-state index contributed by atoms with van der Waals surface area (Å²) in [5.74, 6) is 0.313. The normalized spacial score (nSPS) is 10.2. The number of ether oxygens (including phenoxy) is 1. The molecule has 0 aliphatic carbocycles. The van der Waals surface area contributed by atoms with Gasteiger partial charge in [-0.3, -0.25) is 9.59 Å². The second-order valence-electron chi connectivity index (χ2n) is 5.57. The van der Waals surface area contributed by atoms with Gasteiger partial charge in [0.15, 0.2) is 0 Å². The first kappa shape index (κ1) is 19.8. The molecule has 0 saturated heterocycles. The van der Waals surface area contributed by atoms with Crippen molar-refractivity contribution in [2.75, 3.05) is 24.7 Å². The van der Waals surface area contributed by atoms with E-state index in [9.17, 15) is 9.59 Å². The fourth-order valence-corrected chi connectivity index (χ4v) is 2.87. The topological polar surface area (TPSA) is 67.4 Å². The van der Waals surface area contributed by atoms with E-state index in [2.05, 4.69) is 10.6 Å². The Morgan fingerprint density at radius 1 is 1.12 bits per heavy atom. The van der Waals surface area contributed by atoms with E-state index in [-0.39, 0.29) is 11.8 Å². The van der Waals surface area contributed by atoms with Crippen molar-refractivity contribution in [1.82, 2.24) is 5.32 Å². The standard InChI is InChI=1S/C20H24N2O3S/c1-3-25-18-11-5-4-10-17(18)20(24)21-13-7-12-19(23)22-15-8-6-9-16(14-15)26-2/h4-6,8-11,14H,3,7,12-13H2,1-2H3,(H,21,24)(H,22,23). The Morgan fingerprint density at radius 2 is 1.92 bits per heavy atom. The van der Waals surface area contributed by atoms with Gasteiger partial charge in [-0.15, -0.1) is 11.8 Å². The summed E-state index contributed by atoms with van der Waals surface area (Å²) in [7, 11) is 0. The molecule has 0 bridgehead atoms. The van der Waals surface area contributed by atoms with Crippen molar-refractivity contribution in [2.45, 2.75) is 24.7 Å². The SMILES string of the molecule is CCOc1ccccc1C(=O)NCCCC(=O)Nc1cccc(SC)c1. The molecule has 0 spiro atoms. The molecule has 0 heterocycles. The zero-order valence-corrected chi connectivity index (χ0v) is 15.9. The minimum absolute atomic E-state index is 0.0628. The molecule has 0 unspecified atom stereocenters. The summed E-state index contributed by atoms with van der Waals surface area (Å²) in [6.45, 7) is 2.81. The van der Waals surface area contributed by atoms with Gasteiger partial charge < -0.3 is 15.4 Å². The first-order valence-corrected chi connectivity index (χ1v) is 9.80. The number of nitrogens with one attached hydrogen (secondary N) is 2. The van der Waals surface area contributed by atoms with Crippen LogP contribution in [0.3, 0.4) is 0 Å². The van der Waals surface area contributed by atoms with Crippen molar-refractivity contribution in [2.24, 2.45) is 0 Å². The Labute approximate surface area is 158 Å². The number of hydrogen-bond donors (Lipinski definition) is 2.